The predicted octanol–water partition coefficient (Wildman–Crippen LogP) is 1.20. The SMILES string of the molecule is CC1(CO)CC(O)CN1C(=O)c1cc(F)c(F)c(F)c1F. The number of hydrogen-bond acceptors (Lipinski definition) is 3. The molecule has 2 unspecified atom stereocenters. The molecule has 2 N–H and O–H groups in total. The maximum Gasteiger partial charge on any atom is 0.257 e. The highest BCUT2D eigenvalue weighted by Gasteiger charge is 2.44. The summed E-state index contributed by atoms with van der Waals surface area (Å²) < 4.78 is 52.9. The summed E-state index contributed by atoms with van der Waals surface area (Å²) in [5.74, 6) is -8.71. The fourth-order valence-corrected chi connectivity index (χ4v) is 2.47. The number of amides is 1. The summed E-state index contributed by atoms with van der Waals surface area (Å²) in [5, 5.41) is 18.9. The van der Waals surface area contributed by atoms with Crippen LogP contribution < -0.4 is 0 Å². The summed E-state index contributed by atoms with van der Waals surface area (Å²) in [7, 11) is 0. The Kier molecular flexibility index (Phi) is 3.94. The molecule has 116 valence electrons. The van der Waals surface area contributed by atoms with Gasteiger partial charge in [-0.1, -0.05) is 0 Å². The fourth-order valence-electron chi connectivity index (χ4n) is 2.47. The number of nitrogens with zero attached hydrogens (tertiary/aromatic N) is 1. The van der Waals surface area contributed by atoms with Crippen molar-refractivity contribution in [2.24, 2.45) is 0 Å². The second-order valence-electron chi connectivity index (χ2n) is 5.28. The molecule has 2 atom stereocenters. The zero-order valence-electron chi connectivity index (χ0n) is 11.0. The van der Waals surface area contributed by atoms with Crippen molar-refractivity contribution in [2.75, 3.05) is 13.2 Å². The van der Waals surface area contributed by atoms with Crippen molar-refractivity contribution in [2.45, 2.75) is 25.0 Å². The number of likely N-dealkylation sites (tertiary alicyclic amines) is 1. The molecule has 2 rings (SSSR count). The number of rotatable bonds is 2. The van der Waals surface area contributed by atoms with E-state index in [-0.39, 0.29) is 19.0 Å². The van der Waals surface area contributed by atoms with Crippen LogP contribution in [0.3, 0.4) is 0 Å². The topological polar surface area (TPSA) is 60.8 Å². The fraction of sp³-hybridized carbons (Fsp3) is 0.462. The molecular weight excluding hydrogens is 294 g/mol. The Labute approximate surface area is 117 Å². The Balaban J connectivity index is 2.46. The van der Waals surface area contributed by atoms with E-state index >= 15 is 0 Å². The van der Waals surface area contributed by atoms with Crippen LogP contribution in [0.15, 0.2) is 6.07 Å². The number of aliphatic hydroxyl groups excluding tert-OH is 2. The van der Waals surface area contributed by atoms with Gasteiger partial charge in [-0.05, 0) is 13.0 Å². The van der Waals surface area contributed by atoms with Crippen LogP contribution in [0.25, 0.3) is 0 Å². The molecule has 8 heteroatoms. The number of carbonyl (C=O) groups excluding carboxylic acids is 1. The summed E-state index contributed by atoms with van der Waals surface area (Å²) in [4.78, 5) is 13.1. The molecule has 1 amide bonds. The maximum atomic E-state index is 13.6. The van der Waals surface area contributed by atoms with E-state index in [9.17, 15) is 32.6 Å². The minimum atomic E-state index is -2.08. The minimum absolute atomic E-state index is 0.0308. The quantitative estimate of drug-likeness (QED) is 0.490. The summed E-state index contributed by atoms with van der Waals surface area (Å²) >= 11 is 0. The molecule has 1 aromatic rings. The third-order valence-corrected chi connectivity index (χ3v) is 3.64. The van der Waals surface area contributed by atoms with Gasteiger partial charge in [0.15, 0.2) is 23.3 Å². The first-order chi connectivity index (χ1) is 9.71. The van der Waals surface area contributed by atoms with E-state index < -0.39 is 53.0 Å². The highest BCUT2D eigenvalue weighted by molar-refractivity contribution is 5.95. The molecule has 0 saturated carbocycles. The lowest BCUT2D eigenvalue weighted by molar-refractivity contribution is 0.0466. The minimum Gasteiger partial charge on any atom is -0.394 e. The highest BCUT2D eigenvalue weighted by Crippen LogP contribution is 2.31. The Morgan fingerprint density at radius 1 is 1.33 bits per heavy atom. The van der Waals surface area contributed by atoms with E-state index in [0.717, 1.165) is 4.90 Å². The largest absolute Gasteiger partial charge is 0.394 e. The van der Waals surface area contributed by atoms with Gasteiger partial charge in [0.1, 0.15) is 0 Å². The van der Waals surface area contributed by atoms with Crippen LogP contribution in [-0.4, -0.2) is 45.8 Å². The van der Waals surface area contributed by atoms with Crippen molar-refractivity contribution in [3.8, 4) is 0 Å². The van der Waals surface area contributed by atoms with Crippen LogP contribution in [0.5, 0.6) is 0 Å². The van der Waals surface area contributed by atoms with Gasteiger partial charge in [-0.15, -0.1) is 0 Å². The third-order valence-electron chi connectivity index (χ3n) is 3.64. The second-order valence-corrected chi connectivity index (χ2v) is 5.28. The summed E-state index contributed by atoms with van der Waals surface area (Å²) in [6.45, 7) is 0.689. The Morgan fingerprint density at radius 3 is 2.52 bits per heavy atom. The summed E-state index contributed by atoms with van der Waals surface area (Å²) in [6.07, 6.45) is -0.924. The normalized spacial score (nSPS) is 25.5. The van der Waals surface area contributed by atoms with Gasteiger partial charge < -0.3 is 15.1 Å². The first-order valence-corrected chi connectivity index (χ1v) is 6.15. The van der Waals surface area contributed by atoms with Gasteiger partial charge >= 0.3 is 0 Å². The number of aliphatic hydroxyl groups is 2. The van der Waals surface area contributed by atoms with Crippen LogP contribution in [0.2, 0.25) is 0 Å². The Hall–Kier alpha value is -1.67. The van der Waals surface area contributed by atoms with Crippen molar-refractivity contribution < 1.29 is 32.6 Å². The zero-order chi connectivity index (χ0) is 15.9. The van der Waals surface area contributed by atoms with Crippen molar-refractivity contribution in [3.05, 3.63) is 34.9 Å². The van der Waals surface area contributed by atoms with E-state index in [1.54, 1.807) is 0 Å². The van der Waals surface area contributed by atoms with Gasteiger partial charge in [-0.3, -0.25) is 4.79 Å². The first-order valence-electron chi connectivity index (χ1n) is 6.15. The Morgan fingerprint density at radius 2 is 1.95 bits per heavy atom. The lowest BCUT2D eigenvalue weighted by Gasteiger charge is -2.33. The van der Waals surface area contributed by atoms with Crippen LogP contribution in [-0.2, 0) is 0 Å². The third kappa shape index (κ3) is 2.49. The number of halogens is 4. The molecule has 0 spiro atoms. The number of hydrogen-bond donors (Lipinski definition) is 2. The molecule has 21 heavy (non-hydrogen) atoms. The number of β-amino-alcohol motifs (C(OH)–C–C–N with tert-alkyl or cyclic N) is 1. The average Bonchev–Trinajstić information content (AvgIpc) is 2.75. The van der Waals surface area contributed by atoms with Crippen LogP contribution in [0.4, 0.5) is 17.6 Å². The maximum absolute atomic E-state index is 13.6. The molecule has 0 bridgehead atoms. The molecule has 1 heterocycles. The van der Waals surface area contributed by atoms with Gasteiger partial charge in [-0.25, -0.2) is 17.6 Å². The van der Waals surface area contributed by atoms with Crippen molar-refractivity contribution in [1.29, 1.82) is 0 Å². The van der Waals surface area contributed by atoms with Crippen LogP contribution in [0.1, 0.15) is 23.7 Å². The number of benzene rings is 1. The highest BCUT2D eigenvalue weighted by atomic mass is 19.2. The summed E-state index contributed by atoms with van der Waals surface area (Å²) in [5.41, 5.74) is -2.18. The van der Waals surface area contributed by atoms with E-state index in [2.05, 4.69) is 0 Å². The van der Waals surface area contributed by atoms with Gasteiger partial charge in [0.2, 0.25) is 0 Å². The molecule has 0 radical (unpaired) electrons. The molecular formula is C13H13F4NO3. The molecule has 1 saturated heterocycles. The molecule has 1 aliphatic heterocycles. The van der Waals surface area contributed by atoms with Gasteiger partial charge in [0, 0.05) is 13.0 Å². The summed E-state index contributed by atoms with van der Waals surface area (Å²) in [6, 6.07) is 0.262. The van der Waals surface area contributed by atoms with Gasteiger partial charge in [-0.2, -0.15) is 0 Å². The molecule has 4 nitrogen and oxygen atoms in total. The standard InChI is InChI=1S/C13H13F4NO3/c1-13(5-19)3-6(20)4-18(13)12(21)7-2-8(14)10(16)11(17)9(7)15/h2,6,19-20H,3-5H2,1H3. The lowest BCUT2D eigenvalue weighted by atomic mass is 9.98. The smallest absolute Gasteiger partial charge is 0.257 e. The van der Waals surface area contributed by atoms with Crippen LogP contribution >= 0.6 is 0 Å². The average molecular weight is 307 g/mol. The van der Waals surface area contributed by atoms with E-state index in [1.165, 1.54) is 6.92 Å². The monoisotopic (exact) mass is 307 g/mol. The molecule has 0 aliphatic carbocycles. The van der Waals surface area contributed by atoms with Gasteiger partial charge in [0.25, 0.3) is 5.91 Å². The molecule has 1 aromatic carbocycles. The number of carbonyl (C=O) groups is 1. The van der Waals surface area contributed by atoms with Crippen molar-refractivity contribution >= 4 is 5.91 Å². The van der Waals surface area contributed by atoms with Crippen LogP contribution in [0, 0.1) is 23.3 Å². The van der Waals surface area contributed by atoms with Gasteiger partial charge in [0.05, 0.1) is 23.8 Å². The second kappa shape index (κ2) is 5.27. The lowest BCUT2D eigenvalue weighted by Crippen LogP contribution is -2.48. The van der Waals surface area contributed by atoms with Crippen molar-refractivity contribution in [3.63, 3.8) is 0 Å². The Bertz CT molecular complexity index is 595. The first kappa shape index (κ1) is 15.7. The van der Waals surface area contributed by atoms with E-state index in [1.807, 2.05) is 0 Å². The molecule has 1 fully saturated rings. The molecule has 0 aromatic heterocycles. The zero-order valence-corrected chi connectivity index (χ0v) is 11.0. The predicted molar refractivity (Wildman–Crippen MR) is 63.4 cm³/mol. The molecule has 1 aliphatic rings. The van der Waals surface area contributed by atoms with Crippen molar-refractivity contribution in [1.82, 2.24) is 4.90 Å². The van der Waals surface area contributed by atoms with E-state index in [0.29, 0.717) is 0 Å². The van der Waals surface area contributed by atoms with E-state index in [4.69, 9.17) is 0 Å².